The van der Waals surface area contributed by atoms with Crippen molar-refractivity contribution in [1.82, 2.24) is 4.90 Å². The van der Waals surface area contributed by atoms with Crippen LogP contribution in [-0.4, -0.2) is 35.1 Å². The van der Waals surface area contributed by atoms with E-state index in [1.807, 2.05) is 49.1 Å². The van der Waals surface area contributed by atoms with Crippen LogP contribution >= 0.6 is 0 Å². The van der Waals surface area contributed by atoms with Crippen LogP contribution in [0.15, 0.2) is 71.7 Å². The van der Waals surface area contributed by atoms with Gasteiger partial charge in [0.25, 0.3) is 0 Å². The molecule has 0 aliphatic heterocycles. The van der Waals surface area contributed by atoms with Crippen molar-refractivity contribution in [2.45, 2.75) is 24.9 Å². The maximum absolute atomic E-state index is 13.1. The van der Waals surface area contributed by atoms with E-state index in [1.165, 1.54) is 0 Å². The highest BCUT2D eigenvalue weighted by Crippen LogP contribution is 2.30. The number of halogens is 3. The second-order valence-electron chi connectivity index (χ2n) is 7.39. The lowest BCUT2D eigenvalue weighted by Gasteiger charge is -2.26. The topological polar surface area (TPSA) is 20.3 Å². The molecule has 0 amide bonds. The molecule has 2 aromatic carbocycles. The van der Waals surface area contributed by atoms with Crippen molar-refractivity contribution < 1.29 is 17.4 Å². The van der Waals surface area contributed by atoms with Gasteiger partial charge in [0.1, 0.15) is 0 Å². The summed E-state index contributed by atoms with van der Waals surface area (Å²) >= 11 is 0. The maximum atomic E-state index is 13.1. The fraction of sp³-hybridized carbons (Fsp3) is 0.304. The Kier molecular flexibility index (Phi) is 7.47. The molecule has 2 nitrogen and oxygen atoms in total. The standard InChI is InChI=1S/C23H26F3NOS/c1-16(2)15-27(4)22(13-17(3)23(24,25)26)19-11-9-18(10-12-19)20-7-6-8-21(14-20)29(5)28/h6-14,16H,3,15H2,1-2,4-5H3/b22-13-. The minimum atomic E-state index is -4.47. The molecule has 0 bridgehead atoms. The Morgan fingerprint density at radius 2 is 1.76 bits per heavy atom. The van der Waals surface area contributed by atoms with Gasteiger partial charge in [0.05, 0.1) is 5.57 Å². The maximum Gasteiger partial charge on any atom is 0.415 e. The summed E-state index contributed by atoms with van der Waals surface area (Å²) in [5.41, 5.74) is 2.07. The molecular formula is C23H26F3NOS. The average molecular weight is 422 g/mol. The van der Waals surface area contributed by atoms with E-state index in [-0.39, 0.29) is 0 Å². The lowest BCUT2D eigenvalue weighted by atomic mass is 10.0. The van der Waals surface area contributed by atoms with Crippen molar-refractivity contribution in [3.8, 4) is 11.1 Å². The minimum Gasteiger partial charge on any atom is -0.374 e. The predicted molar refractivity (Wildman–Crippen MR) is 115 cm³/mol. The monoisotopic (exact) mass is 421 g/mol. The SMILES string of the molecule is C=C(/C=C(/c1ccc(-c2cccc(S(C)=O)c2)cc1)N(C)CC(C)C)C(F)(F)F. The van der Waals surface area contributed by atoms with Crippen LogP contribution < -0.4 is 0 Å². The molecule has 0 fully saturated rings. The van der Waals surface area contributed by atoms with Crippen LogP contribution in [0, 0.1) is 5.92 Å². The Morgan fingerprint density at radius 1 is 1.14 bits per heavy atom. The summed E-state index contributed by atoms with van der Waals surface area (Å²) in [5, 5.41) is 0. The molecule has 0 N–H and O–H groups in total. The van der Waals surface area contributed by atoms with Crippen LogP contribution in [0.3, 0.4) is 0 Å². The Balaban J connectivity index is 2.42. The number of nitrogens with zero attached hydrogens (tertiary/aromatic N) is 1. The zero-order valence-corrected chi connectivity index (χ0v) is 17.9. The van der Waals surface area contributed by atoms with E-state index in [2.05, 4.69) is 6.58 Å². The second kappa shape index (κ2) is 9.44. The molecule has 0 heterocycles. The van der Waals surface area contributed by atoms with Gasteiger partial charge < -0.3 is 4.90 Å². The van der Waals surface area contributed by atoms with Crippen LogP contribution in [-0.2, 0) is 10.8 Å². The third kappa shape index (κ3) is 6.32. The highest BCUT2D eigenvalue weighted by molar-refractivity contribution is 7.84. The first kappa shape index (κ1) is 22.9. The molecule has 1 atom stereocenters. The fourth-order valence-electron chi connectivity index (χ4n) is 2.99. The molecule has 0 spiro atoms. The van der Waals surface area contributed by atoms with Gasteiger partial charge in [-0.2, -0.15) is 13.2 Å². The van der Waals surface area contributed by atoms with Gasteiger partial charge in [-0.15, -0.1) is 0 Å². The zero-order chi connectivity index (χ0) is 21.8. The molecular weight excluding hydrogens is 395 g/mol. The molecule has 0 aromatic heterocycles. The van der Waals surface area contributed by atoms with Crippen molar-refractivity contribution in [1.29, 1.82) is 0 Å². The minimum absolute atomic E-state index is 0.291. The van der Waals surface area contributed by atoms with E-state index < -0.39 is 22.5 Å². The number of hydrogen-bond donors (Lipinski definition) is 0. The molecule has 2 aromatic rings. The van der Waals surface area contributed by atoms with Gasteiger partial charge in [0.2, 0.25) is 0 Å². The summed E-state index contributed by atoms with van der Waals surface area (Å²) in [4.78, 5) is 2.54. The number of allylic oxidation sites excluding steroid dienone is 2. The summed E-state index contributed by atoms with van der Waals surface area (Å²) in [6.07, 6.45) is -1.75. The first-order valence-electron chi connectivity index (χ1n) is 9.22. The highest BCUT2D eigenvalue weighted by Gasteiger charge is 2.31. The van der Waals surface area contributed by atoms with Crippen molar-refractivity contribution in [2.75, 3.05) is 19.8 Å². The van der Waals surface area contributed by atoms with Gasteiger partial charge in [0.15, 0.2) is 0 Å². The van der Waals surface area contributed by atoms with E-state index in [1.54, 1.807) is 31.5 Å². The van der Waals surface area contributed by atoms with E-state index >= 15 is 0 Å². The van der Waals surface area contributed by atoms with Crippen molar-refractivity contribution in [3.63, 3.8) is 0 Å². The number of benzene rings is 2. The summed E-state index contributed by atoms with van der Waals surface area (Å²) in [6, 6.07) is 14.7. The molecule has 0 saturated heterocycles. The molecule has 156 valence electrons. The lowest BCUT2D eigenvalue weighted by Crippen LogP contribution is -2.23. The van der Waals surface area contributed by atoms with Crippen LogP contribution in [0.4, 0.5) is 13.2 Å². The molecule has 0 aliphatic rings. The Bertz CT molecular complexity index is 914. The van der Waals surface area contributed by atoms with Gasteiger partial charge in [-0.05, 0) is 40.8 Å². The predicted octanol–water partition coefficient (Wildman–Crippen LogP) is 6.14. The number of alkyl halides is 3. The zero-order valence-electron chi connectivity index (χ0n) is 17.1. The summed E-state index contributed by atoms with van der Waals surface area (Å²) < 4.78 is 50.9. The first-order valence-corrected chi connectivity index (χ1v) is 10.8. The molecule has 0 saturated carbocycles. The van der Waals surface area contributed by atoms with E-state index in [0.717, 1.165) is 22.1 Å². The molecule has 0 aliphatic carbocycles. The van der Waals surface area contributed by atoms with E-state index in [9.17, 15) is 17.4 Å². The summed E-state index contributed by atoms with van der Waals surface area (Å²) in [7, 11) is 0.697. The lowest BCUT2D eigenvalue weighted by molar-refractivity contribution is -0.0878. The van der Waals surface area contributed by atoms with Gasteiger partial charge in [-0.25, -0.2) is 0 Å². The van der Waals surface area contributed by atoms with E-state index in [4.69, 9.17) is 0 Å². The summed E-state index contributed by atoms with van der Waals surface area (Å²) in [5.74, 6) is 0.291. The quantitative estimate of drug-likeness (QED) is 0.501. The van der Waals surface area contributed by atoms with Gasteiger partial charge >= 0.3 is 6.18 Å². The molecule has 6 heteroatoms. The normalized spacial score (nSPS) is 13.4. The van der Waals surface area contributed by atoms with Crippen molar-refractivity contribution in [2.24, 2.45) is 5.92 Å². The average Bonchev–Trinajstić information content (AvgIpc) is 2.64. The molecule has 2 rings (SSSR count). The second-order valence-corrected chi connectivity index (χ2v) is 8.77. The Morgan fingerprint density at radius 3 is 2.28 bits per heavy atom. The summed E-state index contributed by atoms with van der Waals surface area (Å²) in [6.45, 7) is 7.83. The third-order valence-corrected chi connectivity index (χ3v) is 5.32. The molecule has 0 radical (unpaired) electrons. The smallest absolute Gasteiger partial charge is 0.374 e. The Labute approximate surface area is 173 Å². The van der Waals surface area contributed by atoms with Crippen LogP contribution in [0.5, 0.6) is 0 Å². The number of rotatable bonds is 7. The van der Waals surface area contributed by atoms with Gasteiger partial charge in [-0.1, -0.05) is 56.8 Å². The van der Waals surface area contributed by atoms with Crippen LogP contribution in [0.25, 0.3) is 16.8 Å². The Hall–Kier alpha value is -2.34. The van der Waals surface area contributed by atoms with Crippen LogP contribution in [0.1, 0.15) is 19.4 Å². The fourth-order valence-corrected chi connectivity index (χ4v) is 3.56. The molecule has 1 unspecified atom stereocenters. The van der Waals surface area contributed by atoms with Gasteiger partial charge in [-0.3, -0.25) is 4.21 Å². The third-order valence-electron chi connectivity index (χ3n) is 4.41. The van der Waals surface area contributed by atoms with Crippen molar-refractivity contribution >= 4 is 16.5 Å². The number of hydrogen-bond acceptors (Lipinski definition) is 2. The van der Waals surface area contributed by atoms with Crippen molar-refractivity contribution in [3.05, 3.63) is 72.3 Å². The van der Waals surface area contributed by atoms with Crippen LogP contribution in [0.2, 0.25) is 0 Å². The first-order chi connectivity index (χ1) is 13.5. The highest BCUT2D eigenvalue weighted by atomic mass is 32.2. The largest absolute Gasteiger partial charge is 0.415 e. The molecule has 29 heavy (non-hydrogen) atoms. The van der Waals surface area contributed by atoms with Gasteiger partial charge in [0, 0.05) is 41.2 Å². The van der Waals surface area contributed by atoms with E-state index in [0.29, 0.717) is 23.7 Å².